The van der Waals surface area contributed by atoms with Crippen LogP contribution in [-0.2, 0) is 10.9 Å². The van der Waals surface area contributed by atoms with Crippen LogP contribution >= 0.6 is 0 Å². The summed E-state index contributed by atoms with van der Waals surface area (Å²) in [7, 11) is 0. The predicted octanol–water partition coefficient (Wildman–Crippen LogP) is 5.13. The van der Waals surface area contributed by atoms with E-state index in [0.29, 0.717) is 47.7 Å². The number of halogens is 3. The summed E-state index contributed by atoms with van der Waals surface area (Å²) in [5.41, 5.74) is 1.77. The van der Waals surface area contributed by atoms with Gasteiger partial charge in [-0.25, -0.2) is 4.68 Å². The molecule has 2 amide bonds. The SMILES string of the molecule is O=C(Nc1ccc(-n2nc(-c3cccnc3)cc2C(F)(F)F)nn1)c1cccc(-c2cccc(C(=O)N3CCOCC3)c2)c1. The van der Waals surface area contributed by atoms with E-state index < -0.39 is 17.8 Å². The minimum atomic E-state index is -4.71. The minimum absolute atomic E-state index is 0.0375. The molecule has 1 saturated heterocycles. The summed E-state index contributed by atoms with van der Waals surface area (Å²) in [4.78, 5) is 31.7. The Hall–Kier alpha value is -5.43. The molecule has 1 aliphatic heterocycles. The van der Waals surface area contributed by atoms with Gasteiger partial charge in [0.1, 0.15) is 0 Å². The summed E-state index contributed by atoms with van der Waals surface area (Å²) < 4.78 is 47.4. The van der Waals surface area contributed by atoms with Gasteiger partial charge in [-0.2, -0.15) is 18.3 Å². The number of alkyl halides is 3. The van der Waals surface area contributed by atoms with Crippen molar-refractivity contribution < 1.29 is 27.5 Å². The molecule has 0 spiro atoms. The number of hydrogen-bond acceptors (Lipinski definition) is 7. The summed E-state index contributed by atoms with van der Waals surface area (Å²) in [6, 6.07) is 20.7. The Labute approximate surface area is 249 Å². The summed E-state index contributed by atoms with van der Waals surface area (Å²) in [5, 5.41) is 14.5. The normalized spacial score (nSPS) is 13.5. The van der Waals surface area contributed by atoms with Crippen LogP contribution in [0.5, 0.6) is 0 Å². The lowest BCUT2D eigenvalue weighted by Gasteiger charge is -2.27. The van der Waals surface area contributed by atoms with E-state index in [0.717, 1.165) is 17.2 Å². The highest BCUT2D eigenvalue weighted by molar-refractivity contribution is 6.04. The van der Waals surface area contributed by atoms with Crippen LogP contribution in [0.15, 0.2) is 91.3 Å². The fourth-order valence-corrected chi connectivity index (χ4v) is 4.73. The molecule has 3 aromatic heterocycles. The third-order valence-electron chi connectivity index (χ3n) is 6.93. The number of anilines is 1. The summed E-state index contributed by atoms with van der Waals surface area (Å²) in [5.74, 6) is -0.727. The van der Waals surface area contributed by atoms with E-state index in [-0.39, 0.29) is 23.2 Å². The van der Waals surface area contributed by atoms with Gasteiger partial charge < -0.3 is 15.0 Å². The Bertz CT molecular complexity index is 1800. The average molecular weight is 600 g/mol. The zero-order valence-electron chi connectivity index (χ0n) is 23.0. The molecule has 13 heteroatoms. The molecule has 0 bridgehead atoms. The van der Waals surface area contributed by atoms with Gasteiger partial charge in [-0.1, -0.05) is 24.3 Å². The van der Waals surface area contributed by atoms with Crippen LogP contribution in [0.4, 0.5) is 19.0 Å². The Kier molecular flexibility index (Phi) is 7.85. The molecule has 10 nitrogen and oxygen atoms in total. The van der Waals surface area contributed by atoms with Gasteiger partial charge in [0.05, 0.1) is 18.9 Å². The molecule has 2 aromatic carbocycles. The Morgan fingerprint density at radius 1 is 0.818 bits per heavy atom. The van der Waals surface area contributed by atoms with E-state index in [1.54, 1.807) is 53.4 Å². The van der Waals surface area contributed by atoms with Crippen molar-refractivity contribution in [3.63, 3.8) is 0 Å². The number of nitrogens with zero attached hydrogens (tertiary/aromatic N) is 6. The van der Waals surface area contributed by atoms with Crippen molar-refractivity contribution in [1.29, 1.82) is 0 Å². The fourth-order valence-electron chi connectivity index (χ4n) is 4.73. The lowest BCUT2D eigenvalue weighted by atomic mass is 10.0. The van der Waals surface area contributed by atoms with Crippen molar-refractivity contribution in [2.24, 2.45) is 0 Å². The number of benzene rings is 2. The standard InChI is InChI=1S/C31H24F3N7O3/c32-31(33,34)26-18-25(24-8-3-11-35-19-24)39-41(26)28-10-9-27(37-38-28)36-29(42)22-6-1-4-20(16-22)21-5-2-7-23(17-21)30(43)40-12-14-44-15-13-40/h1-11,16-19H,12-15H2,(H,36,37,42). The van der Waals surface area contributed by atoms with Gasteiger partial charge in [-0.3, -0.25) is 14.6 Å². The highest BCUT2D eigenvalue weighted by Crippen LogP contribution is 2.33. The highest BCUT2D eigenvalue weighted by atomic mass is 19.4. The number of amides is 2. The summed E-state index contributed by atoms with van der Waals surface area (Å²) >= 11 is 0. The molecule has 222 valence electrons. The van der Waals surface area contributed by atoms with Crippen molar-refractivity contribution in [3.05, 3.63) is 108 Å². The number of rotatable bonds is 6. The van der Waals surface area contributed by atoms with Crippen LogP contribution in [0.2, 0.25) is 0 Å². The van der Waals surface area contributed by atoms with E-state index >= 15 is 0 Å². The smallest absolute Gasteiger partial charge is 0.378 e. The van der Waals surface area contributed by atoms with Crippen LogP contribution in [0, 0.1) is 0 Å². The molecule has 1 fully saturated rings. The molecular formula is C31H24F3N7O3. The maximum Gasteiger partial charge on any atom is 0.433 e. The first kappa shape index (κ1) is 28.7. The number of ether oxygens (including phenoxy) is 1. The van der Waals surface area contributed by atoms with Gasteiger partial charge in [-0.05, 0) is 65.7 Å². The topological polar surface area (TPSA) is 115 Å². The average Bonchev–Trinajstić information content (AvgIpc) is 3.52. The predicted molar refractivity (Wildman–Crippen MR) is 154 cm³/mol. The second-order valence-electron chi connectivity index (χ2n) is 9.86. The molecule has 0 radical (unpaired) electrons. The molecule has 0 aliphatic carbocycles. The van der Waals surface area contributed by atoms with Crippen LogP contribution < -0.4 is 5.32 Å². The number of carbonyl (C=O) groups excluding carboxylic acids is 2. The van der Waals surface area contributed by atoms with Gasteiger partial charge in [0.15, 0.2) is 17.3 Å². The first-order valence-corrected chi connectivity index (χ1v) is 13.6. The van der Waals surface area contributed by atoms with Gasteiger partial charge in [-0.15, -0.1) is 10.2 Å². The number of aromatic nitrogens is 5. The number of carbonyl (C=O) groups is 2. The molecule has 0 saturated carbocycles. The minimum Gasteiger partial charge on any atom is -0.378 e. The molecule has 0 unspecified atom stereocenters. The quantitative estimate of drug-likeness (QED) is 0.288. The number of pyridine rings is 1. The highest BCUT2D eigenvalue weighted by Gasteiger charge is 2.37. The Morgan fingerprint density at radius 3 is 2.18 bits per heavy atom. The Morgan fingerprint density at radius 2 is 1.52 bits per heavy atom. The maximum absolute atomic E-state index is 13.8. The third-order valence-corrected chi connectivity index (χ3v) is 6.93. The fraction of sp³-hybridized carbons (Fsp3) is 0.161. The first-order chi connectivity index (χ1) is 21.3. The number of morpholine rings is 1. The van der Waals surface area contributed by atoms with Crippen molar-refractivity contribution in [1.82, 2.24) is 29.9 Å². The largest absolute Gasteiger partial charge is 0.433 e. The van der Waals surface area contributed by atoms with E-state index in [1.807, 2.05) is 12.1 Å². The molecule has 5 aromatic rings. The molecule has 1 N–H and O–H groups in total. The molecular weight excluding hydrogens is 575 g/mol. The van der Waals surface area contributed by atoms with E-state index in [9.17, 15) is 22.8 Å². The van der Waals surface area contributed by atoms with Crippen LogP contribution in [0.3, 0.4) is 0 Å². The first-order valence-electron chi connectivity index (χ1n) is 13.6. The second-order valence-corrected chi connectivity index (χ2v) is 9.86. The third kappa shape index (κ3) is 6.17. The molecule has 44 heavy (non-hydrogen) atoms. The second kappa shape index (κ2) is 12.1. The Balaban J connectivity index is 1.19. The zero-order valence-corrected chi connectivity index (χ0v) is 23.0. The van der Waals surface area contributed by atoms with Crippen molar-refractivity contribution in [2.75, 3.05) is 31.6 Å². The summed E-state index contributed by atoms with van der Waals surface area (Å²) in [6.45, 7) is 2.06. The monoisotopic (exact) mass is 599 g/mol. The van der Waals surface area contributed by atoms with E-state index in [2.05, 4.69) is 25.6 Å². The van der Waals surface area contributed by atoms with Crippen molar-refractivity contribution >= 4 is 17.6 Å². The van der Waals surface area contributed by atoms with Gasteiger partial charge in [0.25, 0.3) is 11.8 Å². The van der Waals surface area contributed by atoms with Crippen LogP contribution in [-0.4, -0.2) is 68.0 Å². The lowest BCUT2D eigenvalue weighted by molar-refractivity contribution is -0.142. The lowest BCUT2D eigenvalue weighted by Crippen LogP contribution is -2.40. The van der Waals surface area contributed by atoms with E-state index in [4.69, 9.17) is 4.74 Å². The molecule has 1 aliphatic rings. The maximum atomic E-state index is 13.8. The summed E-state index contributed by atoms with van der Waals surface area (Å²) in [6.07, 6.45) is -1.79. The van der Waals surface area contributed by atoms with Gasteiger partial charge in [0.2, 0.25) is 0 Å². The molecule has 4 heterocycles. The van der Waals surface area contributed by atoms with Gasteiger partial charge in [0, 0.05) is 42.2 Å². The number of hydrogen-bond donors (Lipinski definition) is 1. The van der Waals surface area contributed by atoms with E-state index in [1.165, 1.54) is 24.5 Å². The molecule has 0 atom stereocenters. The van der Waals surface area contributed by atoms with Crippen LogP contribution in [0.1, 0.15) is 26.4 Å². The van der Waals surface area contributed by atoms with Crippen molar-refractivity contribution in [2.45, 2.75) is 6.18 Å². The zero-order chi connectivity index (χ0) is 30.7. The van der Waals surface area contributed by atoms with Crippen molar-refractivity contribution in [3.8, 4) is 28.2 Å². The molecule has 6 rings (SSSR count). The van der Waals surface area contributed by atoms with Crippen LogP contribution in [0.25, 0.3) is 28.2 Å². The number of nitrogens with one attached hydrogen (secondary N) is 1. The van der Waals surface area contributed by atoms with Gasteiger partial charge >= 0.3 is 6.18 Å².